The van der Waals surface area contributed by atoms with Crippen molar-refractivity contribution in [3.8, 4) is 39.7 Å². The topological polar surface area (TPSA) is 88.5 Å². The maximum Gasteiger partial charge on any atom is 0.253 e. The maximum atomic E-state index is 13.2. The number of Topliss-reactive ketones (excluding diaryl/α,β-unsaturated/α-hetero) is 1. The molecular weight excluding hydrogens is 452 g/mol. The molecule has 1 aliphatic carbocycles. The number of imidazole rings is 1. The van der Waals surface area contributed by atoms with E-state index in [-0.39, 0.29) is 22.9 Å². The number of furan rings is 1. The molecule has 0 fully saturated rings. The van der Waals surface area contributed by atoms with Crippen molar-refractivity contribution in [2.45, 2.75) is 0 Å². The molecule has 0 aliphatic heterocycles. The van der Waals surface area contributed by atoms with Gasteiger partial charge in [0.25, 0.3) is 5.88 Å². The van der Waals surface area contributed by atoms with Crippen LogP contribution in [0, 0.1) is 0 Å². The van der Waals surface area contributed by atoms with Crippen LogP contribution >= 0.6 is 0 Å². The van der Waals surface area contributed by atoms with Crippen LogP contribution in [-0.4, -0.2) is 25.8 Å². The van der Waals surface area contributed by atoms with Gasteiger partial charge in [0.15, 0.2) is 11.6 Å². The highest BCUT2D eigenvalue weighted by Crippen LogP contribution is 2.31. The van der Waals surface area contributed by atoms with Gasteiger partial charge in [-0.25, -0.2) is 4.98 Å². The Morgan fingerprint density at radius 3 is 2.00 bits per heavy atom. The molecule has 0 saturated heterocycles. The Labute approximate surface area is 206 Å². The van der Waals surface area contributed by atoms with Crippen molar-refractivity contribution < 1.29 is 19.5 Å². The Hall–Kier alpha value is -5.10. The highest BCUT2D eigenvalue weighted by atomic mass is 16.5. The Balaban J connectivity index is 1.52. The van der Waals surface area contributed by atoms with Gasteiger partial charge >= 0.3 is 0 Å². The molecule has 0 bridgehead atoms. The molecule has 6 heteroatoms. The van der Waals surface area contributed by atoms with E-state index in [1.807, 2.05) is 66.7 Å². The quantitative estimate of drug-likeness (QED) is 0.294. The first-order chi connectivity index (χ1) is 17.6. The van der Waals surface area contributed by atoms with E-state index in [0.717, 1.165) is 16.7 Å². The zero-order chi connectivity index (χ0) is 24.6. The second-order valence-corrected chi connectivity index (χ2v) is 8.39. The third-order valence-electron chi connectivity index (χ3n) is 6.10. The minimum absolute atomic E-state index is 0.0749. The number of nitrogens with zero attached hydrogens (tertiary/aromatic N) is 2. The van der Waals surface area contributed by atoms with Gasteiger partial charge in [0, 0.05) is 27.5 Å². The van der Waals surface area contributed by atoms with Gasteiger partial charge in [-0.1, -0.05) is 91.0 Å². The Morgan fingerprint density at radius 1 is 0.778 bits per heavy atom. The predicted octanol–water partition coefficient (Wildman–Crippen LogP) is 4.65. The van der Waals surface area contributed by atoms with Gasteiger partial charge in [0.2, 0.25) is 0 Å². The molecule has 0 spiro atoms. The van der Waals surface area contributed by atoms with Crippen molar-refractivity contribution >= 4 is 24.0 Å². The fourth-order valence-electron chi connectivity index (χ4n) is 4.37. The first-order valence-electron chi connectivity index (χ1n) is 11.4. The smallest absolute Gasteiger partial charge is 0.253 e. The van der Waals surface area contributed by atoms with Crippen LogP contribution < -0.4 is 10.6 Å². The van der Waals surface area contributed by atoms with Crippen molar-refractivity contribution in [1.29, 1.82) is 0 Å². The SMILES string of the molecule is O=C1C=c2c(-c3ccccc3)c(-c3ccccc3)oc2=C/C1=C/c1nc(-c2ccccc2)n(O)c1O. The number of hydrogen-bond acceptors (Lipinski definition) is 5. The molecule has 0 amide bonds. The molecule has 2 N–H and O–H groups in total. The number of benzene rings is 3. The minimum Gasteiger partial charge on any atom is -0.491 e. The number of hydrogen-bond donors (Lipinski definition) is 2. The molecule has 0 radical (unpaired) electrons. The Morgan fingerprint density at radius 2 is 1.36 bits per heavy atom. The highest BCUT2D eigenvalue weighted by molar-refractivity contribution is 6.25. The lowest BCUT2D eigenvalue weighted by atomic mass is 9.97. The van der Waals surface area contributed by atoms with Crippen LogP contribution in [-0.2, 0) is 4.79 Å². The molecule has 36 heavy (non-hydrogen) atoms. The summed E-state index contributed by atoms with van der Waals surface area (Å²) in [7, 11) is 0. The summed E-state index contributed by atoms with van der Waals surface area (Å²) < 4.78 is 6.91. The molecule has 2 heterocycles. The number of carbonyl (C=O) groups is 1. The fourth-order valence-corrected chi connectivity index (χ4v) is 4.37. The molecule has 6 nitrogen and oxygen atoms in total. The van der Waals surface area contributed by atoms with Crippen molar-refractivity contribution in [1.82, 2.24) is 9.71 Å². The van der Waals surface area contributed by atoms with Gasteiger partial charge in [-0.15, -0.1) is 4.73 Å². The van der Waals surface area contributed by atoms with Crippen LogP contribution in [0.15, 0.2) is 101 Å². The Kier molecular flexibility index (Phi) is 5.12. The molecule has 0 saturated carbocycles. The Bertz CT molecular complexity index is 1750. The molecule has 5 aromatic rings. The van der Waals surface area contributed by atoms with Crippen molar-refractivity contribution in [3.63, 3.8) is 0 Å². The van der Waals surface area contributed by atoms with Crippen LogP contribution in [0.25, 0.3) is 52.1 Å². The lowest BCUT2D eigenvalue weighted by molar-refractivity contribution is -0.109. The molecular formula is C30H20N2O4. The van der Waals surface area contributed by atoms with Crippen molar-refractivity contribution in [3.05, 3.63) is 113 Å². The second kappa shape index (κ2) is 8.60. The molecule has 6 rings (SSSR count). The third-order valence-corrected chi connectivity index (χ3v) is 6.10. The lowest BCUT2D eigenvalue weighted by Crippen LogP contribution is -2.27. The first kappa shape index (κ1) is 21.4. The molecule has 1 aliphatic rings. The zero-order valence-electron chi connectivity index (χ0n) is 19.0. The minimum atomic E-state index is -0.456. The van der Waals surface area contributed by atoms with Crippen LogP contribution in [0.4, 0.5) is 0 Å². The molecule has 0 atom stereocenters. The van der Waals surface area contributed by atoms with Crippen molar-refractivity contribution in [2.24, 2.45) is 0 Å². The van der Waals surface area contributed by atoms with Gasteiger partial charge in [-0.3, -0.25) is 4.79 Å². The van der Waals surface area contributed by atoms with E-state index in [2.05, 4.69) is 4.98 Å². The van der Waals surface area contributed by atoms with Gasteiger partial charge in [-0.2, -0.15) is 0 Å². The molecule has 174 valence electrons. The van der Waals surface area contributed by atoms with E-state index in [1.165, 1.54) is 6.08 Å². The number of fused-ring (bicyclic) bond motifs is 1. The summed E-state index contributed by atoms with van der Waals surface area (Å²) in [5.41, 5.74) is 4.19. The molecule has 0 unspecified atom stereocenters. The van der Waals surface area contributed by atoms with E-state index in [1.54, 1.807) is 36.4 Å². The van der Waals surface area contributed by atoms with Crippen LogP contribution in [0.2, 0.25) is 0 Å². The van der Waals surface area contributed by atoms with Gasteiger partial charge in [-0.05, 0) is 23.8 Å². The monoisotopic (exact) mass is 472 g/mol. The number of carbonyl (C=O) groups excluding carboxylic acids is 1. The fraction of sp³-hybridized carbons (Fsp3) is 0. The van der Waals surface area contributed by atoms with E-state index in [9.17, 15) is 15.1 Å². The standard InChI is InChI=1S/C30H20N2O4/c33-25-18-23-26(36-28(20-12-6-2-7-13-20)27(23)19-10-4-1-5-11-19)17-22(25)16-24-30(34)32(35)29(31-24)21-14-8-3-9-15-21/h1-18,34-35H/b22-16-. The second-order valence-electron chi connectivity index (χ2n) is 8.39. The summed E-state index contributed by atoms with van der Waals surface area (Å²) in [4.78, 5) is 17.5. The average molecular weight is 473 g/mol. The van der Waals surface area contributed by atoms with E-state index in [0.29, 0.717) is 26.7 Å². The maximum absolute atomic E-state index is 13.2. The van der Waals surface area contributed by atoms with Crippen LogP contribution in [0.3, 0.4) is 0 Å². The first-order valence-corrected chi connectivity index (χ1v) is 11.4. The molecule has 3 aromatic carbocycles. The van der Waals surface area contributed by atoms with E-state index in [4.69, 9.17) is 4.42 Å². The number of rotatable bonds is 4. The summed E-state index contributed by atoms with van der Waals surface area (Å²) in [6, 6.07) is 28.5. The highest BCUT2D eigenvalue weighted by Gasteiger charge is 2.22. The third kappa shape index (κ3) is 3.61. The number of aromatic hydroxyl groups is 1. The number of allylic oxidation sites excluding steroid dienone is 1. The van der Waals surface area contributed by atoms with Gasteiger partial charge in [0.1, 0.15) is 16.9 Å². The lowest BCUT2D eigenvalue weighted by Gasteiger charge is -2.04. The van der Waals surface area contributed by atoms with E-state index >= 15 is 0 Å². The summed E-state index contributed by atoms with van der Waals surface area (Å²) in [6.07, 6.45) is 4.64. The average Bonchev–Trinajstić information content (AvgIpc) is 3.43. The number of aromatic nitrogens is 2. The van der Waals surface area contributed by atoms with E-state index < -0.39 is 5.88 Å². The van der Waals surface area contributed by atoms with Crippen molar-refractivity contribution in [2.75, 3.05) is 0 Å². The van der Waals surface area contributed by atoms with Crippen LogP contribution in [0.5, 0.6) is 5.88 Å². The van der Waals surface area contributed by atoms with Crippen LogP contribution in [0.1, 0.15) is 5.69 Å². The normalized spacial score (nSPS) is 13.8. The summed E-state index contributed by atoms with van der Waals surface area (Å²) in [5, 5.41) is 21.6. The van der Waals surface area contributed by atoms with Gasteiger partial charge < -0.3 is 14.7 Å². The molecule has 2 aromatic heterocycles. The zero-order valence-corrected chi connectivity index (χ0v) is 19.0. The summed E-state index contributed by atoms with van der Waals surface area (Å²) >= 11 is 0. The number of ketones is 1. The largest absolute Gasteiger partial charge is 0.491 e. The summed E-state index contributed by atoms with van der Waals surface area (Å²) in [6.45, 7) is 0. The predicted molar refractivity (Wildman–Crippen MR) is 137 cm³/mol. The van der Waals surface area contributed by atoms with Gasteiger partial charge in [0.05, 0.1) is 0 Å². The summed E-state index contributed by atoms with van der Waals surface area (Å²) in [5.74, 6) is 0.127.